The van der Waals surface area contributed by atoms with Gasteiger partial charge in [0.05, 0.1) is 6.54 Å². The summed E-state index contributed by atoms with van der Waals surface area (Å²) in [6.45, 7) is 7.73. The van der Waals surface area contributed by atoms with E-state index in [-0.39, 0.29) is 18.4 Å². The van der Waals surface area contributed by atoms with E-state index in [2.05, 4.69) is 10.3 Å². The van der Waals surface area contributed by atoms with Crippen molar-refractivity contribution < 1.29 is 14.0 Å². The second kappa shape index (κ2) is 5.78. The molecule has 1 saturated heterocycles. The van der Waals surface area contributed by atoms with Crippen LogP contribution in [-0.2, 0) is 16.9 Å². The van der Waals surface area contributed by atoms with Crippen molar-refractivity contribution in [3.63, 3.8) is 0 Å². The third-order valence-electron chi connectivity index (χ3n) is 4.46. The standard InChI is InChI=1S/C18H21N3O3/c1-11(2)15-14(19-10-24-15)9-21-16(22)18(4,20-17(21)23)13-8-6-5-7-12(13)3/h5-8,10-11H,9H2,1-4H3,(H,20,23). The quantitative estimate of drug-likeness (QED) is 0.876. The van der Waals surface area contributed by atoms with Gasteiger partial charge in [0.15, 0.2) is 6.39 Å². The number of hydrogen-bond acceptors (Lipinski definition) is 4. The molecular weight excluding hydrogens is 306 g/mol. The second-order valence-electron chi connectivity index (χ2n) is 6.58. The van der Waals surface area contributed by atoms with Gasteiger partial charge in [-0.25, -0.2) is 9.78 Å². The first kappa shape index (κ1) is 16.2. The van der Waals surface area contributed by atoms with Crippen LogP contribution in [-0.4, -0.2) is 21.8 Å². The second-order valence-corrected chi connectivity index (χ2v) is 6.58. The number of urea groups is 1. The number of benzene rings is 1. The minimum absolute atomic E-state index is 0.107. The molecular formula is C18H21N3O3. The number of carbonyl (C=O) groups is 2. The van der Waals surface area contributed by atoms with Crippen LogP contribution in [0.15, 0.2) is 35.1 Å². The van der Waals surface area contributed by atoms with Crippen LogP contribution in [0.1, 0.15) is 49.3 Å². The Kier molecular flexibility index (Phi) is 3.91. The molecule has 6 nitrogen and oxygen atoms in total. The molecule has 0 aliphatic carbocycles. The highest BCUT2D eigenvalue weighted by Gasteiger charge is 2.49. The Labute approximate surface area is 140 Å². The first-order valence-electron chi connectivity index (χ1n) is 7.97. The highest BCUT2D eigenvalue weighted by molar-refractivity contribution is 6.07. The summed E-state index contributed by atoms with van der Waals surface area (Å²) >= 11 is 0. The highest BCUT2D eigenvalue weighted by atomic mass is 16.3. The predicted molar refractivity (Wildman–Crippen MR) is 88.2 cm³/mol. The molecule has 0 bridgehead atoms. The van der Waals surface area contributed by atoms with E-state index >= 15 is 0 Å². The first-order valence-corrected chi connectivity index (χ1v) is 7.97. The van der Waals surface area contributed by atoms with Gasteiger partial charge < -0.3 is 9.73 Å². The maximum atomic E-state index is 13.0. The number of hydrogen-bond donors (Lipinski definition) is 1. The van der Waals surface area contributed by atoms with E-state index in [4.69, 9.17) is 4.42 Å². The van der Waals surface area contributed by atoms with Crippen LogP contribution in [0.2, 0.25) is 0 Å². The van der Waals surface area contributed by atoms with Crippen LogP contribution in [0.25, 0.3) is 0 Å². The lowest BCUT2D eigenvalue weighted by atomic mass is 9.88. The SMILES string of the molecule is Cc1ccccc1C1(C)NC(=O)N(Cc2ncoc2C(C)C)C1=O. The zero-order valence-electron chi connectivity index (χ0n) is 14.3. The van der Waals surface area contributed by atoms with Crippen molar-refractivity contribution in [3.8, 4) is 0 Å². The van der Waals surface area contributed by atoms with Crippen LogP contribution < -0.4 is 5.32 Å². The van der Waals surface area contributed by atoms with E-state index in [0.717, 1.165) is 11.1 Å². The molecule has 3 amide bonds. The molecule has 1 fully saturated rings. The molecule has 0 spiro atoms. The Morgan fingerprint density at radius 1 is 1.29 bits per heavy atom. The summed E-state index contributed by atoms with van der Waals surface area (Å²) in [4.78, 5) is 30.8. The van der Waals surface area contributed by atoms with Gasteiger partial charge >= 0.3 is 6.03 Å². The Balaban J connectivity index is 1.92. The Morgan fingerprint density at radius 3 is 2.67 bits per heavy atom. The van der Waals surface area contributed by atoms with Crippen LogP contribution in [0.5, 0.6) is 0 Å². The van der Waals surface area contributed by atoms with Gasteiger partial charge in [0.25, 0.3) is 5.91 Å². The molecule has 24 heavy (non-hydrogen) atoms. The average Bonchev–Trinajstić information content (AvgIpc) is 3.07. The summed E-state index contributed by atoms with van der Waals surface area (Å²) in [5, 5.41) is 2.83. The molecule has 1 atom stereocenters. The van der Waals surface area contributed by atoms with E-state index < -0.39 is 11.6 Å². The van der Waals surface area contributed by atoms with Crippen molar-refractivity contribution in [2.75, 3.05) is 0 Å². The van der Waals surface area contributed by atoms with Crippen molar-refractivity contribution in [3.05, 3.63) is 53.2 Å². The maximum Gasteiger partial charge on any atom is 0.325 e. The maximum absolute atomic E-state index is 13.0. The lowest BCUT2D eigenvalue weighted by Gasteiger charge is -2.24. The fourth-order valence-electron chi connectivity index (χ4n) is 3.17. The lowest BCUT2D eigenvalue weighted by Crippen LogP contribution is -2.41. The fraction of sp³-hybridized carbons (Fsp3) is 0.389. The smallest absolute Gasteiger partial charge is 0.325 e. The molecule has 1 unspecified atom stereocenters. The van der Waals surface area contributed by atoms with Crippen LogP contribution >= 0.6 is 0 Å². The lowest BCUT2D eigenvalue weighted by molar-refractivity contribution is -0.131. The van der Waals surface area contributed by atoms with Gasteiger partial charge in [-0.3, -0.25) is 9.69 Å². The van der Waals surface area contributed by atoms with Gasteiger partial charge in [-0.1, -0.05) is 38.1 Å². The molecule has 1 aliphatic heterocycles. The summed E-state index contributed by atoms with van der Waals surface area (Å²) < 4.78 is 5.38. The van der Waals surface area contributed by atoms with Crippen LogP contribution in [0.3, 0.4) is 0 Å². The summed E-state index contributed by atoms with van der Waals surface area (Å²) in [7, 11) is 0. The summed E-state index contributed by atoms with van der Waals surface area (Å²) in [5.41, 5.74) is 1.31. The number of nitrogens with zero attached hydrogens (tertiary/aromatic N) is 2. The van der Waals surface area contributed by atoms with Gasteiger partial charge in [-0.2, -0.15) is 0 Å². The molecule has 3 rings (SSSR count). The van der Waals surface area contributed by atoms with Crippen LogP contribution in [0, 0.1) is 6.92 Å². The van der Waals surface area contributed by atoms with Gasteiger partial charge in [-0.05, 0) is 25.0 Å². The van der Waals surface area contributed by atoms with E-state index in [9.17, 15) is 9.59 Å². The molecule has 2 aromatic rings. The van der Waals surface area contributed by atoms with Gasteiger partial charge in [-0.15, -0.1) is 0 Å². The van der Waals surface area contributed by atoms with Gasteiger partial charge in [0.1, 0.15) is 17.0 Å². The Hall–Kier alpha value is -2.63. The molecule has 2 heterocycles. The summed E-state index contributed by atoms with van der Waals surface area (Å²) in [6, 6.07) is 7.16. The van der Waals surface area contributed by atoms with Crippen molar-refractivity contribution in [1.29, 1.82) is 0 Å². The molecule has 1 aliphatic rings. The third-order valence-corrected chi connectivity index (χ3v) is 4.46. The summed E-state index contributed by atoms with van der Waals surface area (Å²) in [5.74, 6) is 0.547. The van der Waals surface area contributed by atoms with E-state index in [1.807, 2.05) is 45.0 Å². The number of rotatable bonds is 4. The van der Waals surface area contributed by atoms with Crippen molar-refractivity contribution in [2.45, 2.75) is 45.7 Å². The third kappa shape index (κ3) is 2.48. The topological polar surface area (TPSA) is 75.4 Å². The van der Waals surface area contributed by atoms with Crippen molar-refractivity contribution in [2.24, 2.45) is 0 Å². The van der Waals surface area contributed by atoms with E-state index in [1.54, 1.807) is 6.92 Å². The average molecular weight is 327 g/mol. The number of nitrogens with one attached hydrogen (secondary N) is 1. The number of oxazole rings is 1. The fourth-order valence-corrected chi connectivity index (χ4v) is 3.17. The van der Waals surface area contributed by atoms with Crippen molar-refractivity contribution >= 4 is 11.9 Å². The zero-order valence-corrected chi connectivity index (χ0v) is 14.3. The molecule has 1 aromatic carbocycles. The Bertz CT molecular complexity index is 796. The largest absolute Gasteiger partial charge is 0.448 e. The van der Waals surface area contributed by atoms with Crippen molar-refractivity contribution in [1.82, 2.24) is 15.2 Å². The molecule has 6 heteroatoms. The predicted octanol–water partition coefficient (Wildman–Crippen LogP) is 3.07. The number of aryl methyl sites for hydroxylation is 1. The molecule has 0 radical (unpaired) electrons. The molecule has 1 aromatic heterocycles. The Morgan fingerprint density at radius 2 is 2.00 bits per heavy atom. The molecule has 126 valence electrons. The monoisotopic (exact) mass is 327 g/mol. The zero-order chi connectivity index (χ0) is 17.5. The van der Waals surface area contributed by atoms with Gasteiger partial charge in [0, 0.05) is 5.92 Å². The molecule has 1 N–H and O–H groups in total. The first-order chi connectivity index (χ1) is 11.3. The normalized spacial score (nSPS) is 20.8. The number of amides is 3. The highest BCUT2D eigenvalue weighted by Crippen LogP contribution is 2.32. The minimum Gasteiger partial charge on any atom is -0.448 e. The number of aromatic nitrogens is 1. The summed E-state index contributed by atoms with van der Waals surface area (Å²) in [6.07, 6.45) is 1.35. The number of carbonyl (C=O) groups excluding carboxylic acids is 2. The van der Waals surface area contributed by atoms with Crippen LogP contribution in [0.4, 0.5) is 4.79 Å². The minimum atomic E-state index is -1.07. The number of imide groups is 1. The van der Waals surface area contributed by atoms with E-state index in [0.29, 0.717) is 11.5 Å². The van der Waals surface area contributed by atoms with E-state index in [1.165, 1.54) is 11.3 Å². The molecule has 0 saturated carbocycles. The van der Waals surface area contributed by atoms with Gasteiger partial charge in [0.2, 0.25) is 0 Å².